The zero-order chi connectivity index (χ0) is 17.6. The Morgan fingerprint density at radius 2 is 1.83 bits per heavy atom. The third-order valence-corrected chi connectivity index (χ3v) is 3.87. The summed E-state index contributed by atoms with van der Waals surface area (Å²) in [7, 11) is 0. The molecule has 3 heteroatoms. The van der Waals surface area contributed by atoms with Crippen LogP contribution in [0.3, 0.4) is 0 Å². The number of rotatable bonds is 5. The van der Waals surface area contributed by atoms with E-state index < -0.39 is 5.97 Å². The van der Waals surface area contributed by atoms with Crippen molar-refractivity contribution in [2.45, 2.75) is 47.5 Å². The Morgan fingerprint density at radius 3 is 2.39 bits per heavy atom. The average Bonchev–Trinajstić information content (AvgIpc) is 2.35. The van der Waals surface area contributed by atoms with Gasteiger partial charge in [0.2, 0.25) is 0 Å². The minimum atomic E-state index is -0.941. The highest BCUT2D eigenvalue weighted by molar-refractivity contribution is 5.84. The van der Waals surface area contributed by atoms with Crippen LogP contribution in [0.4, 0.5) is 0 Å². The van der Waals surface area contributed by atoms with E-state index in [1.807, 2.05) is 32.1 Å². The van der Waals surface area contributed by atoms with Gasteiger partial charge in [-0.3, -0.25) is 4.79 Å². The molecule has 0 fully saturated rings. The van der Waals surface area contributed by atoms with Crippen molar-refractivity contribution < 1.29 is 14.7 Å². The first kappa shape index (κ1) is 18.9. The number of hydrogen-bond donors (Lipinski definition) is 1. The van der Waals surface area contributed by atoms with Crippen molar-refractivity contribution in [2.75, 3.05) is 0 Å². The summed E-state index contributed by atoms with van der Waals surface area (Å²) in [6.07, 6.45) is 12.0. The van der Waals surface area contributed by atoms with Gasteiger partial charge in [-0.05, 0) is 37.3 Å². The number of carbonyl (C=O) groups excluding carboxylic acids is 1. The second-order valence-electron chi connectivity index (χ2n) is 6.80. The van der Waals surface area contributed by atoms with Crippen molar-refractivity contribution in [1.29, 1.82) is 0 Å². The van der Waals surface area contributed by atoms with Gasteiger partial charge in [-0.2, -0.15) is 0 Å². The fourth-order valence-electron chi connectivity index (χ4n) is 2.85. The Kier molecular flexibility index (Phi) is 6.49. The third kappa shape index (κ3) is 6.23. The maximum atomic E-state index is 11.7. The number of Topliss-reactive ketones (excluding diaryl/α,β-unsaturated/α-hetero) is 1. The highest BCUT2D eigenvalue weighted by atomic mass is 16.4. The van der Waals surface area contributed by atoms with E-state index >= 15 is 0 Å². The van der Waals surface area contributed by atoms with Gasteiger partial charge in [0, 0.05) is 18.9 Å². The normalized spacial score (nSPS) is 20.0. The summed E-state index contributed by atoms with van der Waals surface area (Å²) >= 11 is 0. The standard InChI is InChI=1S/C20H26O3/c1-14(7-6-8-15(2)11-19(22)23)9-10-18-16(3)12-17(21)13-20(18,4)5/h6-11H,12-13H2,1-5H3,(H,22,23)/b8-6+,10-9+,14-7+,15-11-. The molecule has 1 aliphatic rings. The average molecular weight is 314 g/mol. The first-order valence-corrected chi connectivity index (χ1v) is 7.78. The number of carbonyl (C=O) groups is 2. The molecule has 0 amide bonds. The predicted molar refractivity (Wildman–Crippen MR) is 94.2 cm³/mol. The van der Waals surface area contributed by atoms with Gasteiger partial charge in [-0.15, -0.1) is 0 Å². The zero-order valence-electron chi connectivity index (χ0n) is 14.6. The summed E-state index contributed by atoms with van der Waals surface area (Å²) in [5.41, 5.74) is 4.02. The van der Waals surface area contributed by atoms with Crippen LogP contribution >= 0.6 is 0 Å². The molecule has 0 saturated heterocycles. The third-order valence-electron chi connectivity index (χ3n) is 3.87. The Morgan fingerprint density at radius 1 is 1.17 bits per heavy atom. The van der Waals surface area contributed by atoms with Gasteiger partial charge < -0.3 is 5.11 Å². The molecule has 0 atom stereocenters. The van der Waals surface area contributed by atoms with Gasteiger partial charge in [0.05, 0.1) is 0 Å². The van der Waals surface area contributed by atoms with Crippen LogP contribution in [0.1, 0.15) is 47.5 Å². The fourth-order valence-corrected chi connectivity index (χ4v) is 2.85. The monoisotopic (exact) mass is 314 g/mol. The molecule has 1 N–H and O–H groups in total. The van der Waals surface area contributed by atoms with Gasteiger partial charge in [-0.1, -0.05) is 55.4 Å². The van der Waals surface area contributed by atoms with Crippen LogP contribution in [-0.4, -0.2) is 16.9 Å². The van der Waals surface area contributed by atoms with Crippen molar-refractivity contribution in [3.63, 3.8) is 0 Å². The predicted octanol–water partition coefficient (Wildman–Crippen LogP) is 4.78. The minimum absolute atomic E-state index is 0.118. The van der Waals surface area contributed by atoms with Crippen molar-refractivity contribution in [1.82, 2.24) is 0 Å². The minimum Gasteiger partial charge on any atom is -0.478 e. The maximum absolute atomic E-state index is 11.7. The number of carboxylic acids is 1. The lowest BCUT2D eigenvalue weighted by Crippen LogP contribution is -2.25. The number of ketones is 1. The molecule has 0 aromatic heterocycles. The summed E-state index contributed by atoms with van der Waals surface area (Å²) < 4.78 is 0. The SMILES string of the molecule is CC1=C(/C=C/C(C)=C/C=C/C(C)=C\C(=O)O)C(C)(C)CC(=O)C1. The smallest absolute Gasteiger partial charge is 0.328 e. The van der Waals surface area contributed by atoms with Crippen LogP contribution in [0.2, 0.25) is 0 Å². The molecule has 1 rings (SSSR count). The molecule has 0 spiro atoms. The van der Waals surface area contributed by atoms with Crippen molar-refractivity contribution in [3.05, 3.63) is 58.7 Å². The van der Waals surface area contributed by atoms with Crippen molar-refractivity contribution in [2.24, 2.45) is 5.41 Å². The van der Waals surface area contributed by atoms with Gasteiger partial charge in [0.1, 0.15) is 5.78 Å². The molecule has 0 radical (unpaired) electrons. The van der Waals surface area contributed by atoms with Gasteiger partial charge in [0.25, 0.3) is 0 Å². The highest BCUT2D eigenvalue weighted by Crippen LogP contribution is 2.39. The number of allylic oxidation sites excluding steroid dienone is 9. The van der Waals surface area contributed by atoms with E-state index in [2.05, 4.69) is 19.9 Å². The van der Waals surface area contributed by atoms with Crippen LogP contribution in [0, 0.1) is 5.41 Å². The molecule has 124 valence electrons. The van der Waals surface area contributed by atoms with Gasteiger partial charge in [-0.25, -0.2) is 4.79 Å². The Labute approximate surface area is 138 Å². The molecule has 23 heavy (non-hydrogen) atoms. The first-order valence-electron chi connectivity index (χ1n) is 7.78. The molecule has 1 aliphatic carbocycles. The number of hydrogen-bond acceptors (Lipinski definition) is 2. The van der Waals surface area contributed by atoms with E-state index in [9.17, 15) is 9.59 Å². The molecular weight excluding hydrogens is 288 g/mol. The molecule has 0 aromatic carbocycles. The first-order chi connectivity index (χ1) is 10.6. The van der Waals surface area contributed by atoms with Gasteiger partial charge >= 0.3 is 5.97 Å². The molecule has 0 aromatic rings. The largest absolute Gasteiger partial charge is 0.478 e. The Balaban J connectivity index is 2.86. The van der Waals surface area contributed by atoms with Crippen molar-refractivity contribution >= 4 is 11.8 Å². The van der Waals surface area contributed by atoms with E-state index in [-0.39, 0.29) is 5.41 Å². The second kappa shape index (κ2) is 7.91. The van der Waals surface area contributed by atoms with E-state index in [4.69, 9.17) is 5.11 Å². The zero-order valence-corrected chi connectivity index (χ0v) is 14.6. The lowest BCUT2D eigenvalue weighted by molar-refractivity contribution is -0.131. The molecule has 0 saturated carbocycles. The molecular formula is C20H26O3. The van der Waals surface area contributed by atoms with E-state index in [1.165, 1.54) is 11.6 Å². The summed E-state index contributed by atoms with van der Waals surface area (Å²) in [4.78, 5) is 22.3. The summed E-state index contributed by atoms with van der Waals surface area (Å²) in [5.74, 6) is -0.634. The van der Waals surface area contributed by atoms with E-state index in [0.29, 0.717) is 24.2 Å². The summed E-state index contributed by atoms with van der Waals surface area (Å²) in [6.45, 7) is 9.98. The molecule has 3 nitrogen and oxygen atoms in total. The van der Waals surface area contributed by atoms with Crippen molar-refractivity contribution in [3.8, 4) is 0 Å². The number of carboxylic acid groups (broad SMARTS) is 1. The second-order valence-corrected chi connectivity index (χ2v) is 6.80. The molecule has 0 bridgehead atoms. The van der Waals surface area contributed by atoms with Crippen LogP contribution < -0.4 is 0 Å². The van der Waals surface area contributed by atoms with Crippen LogP contribution in [0.25, 0.3) is 0 Å². The summed E-state index contributed by atoms with van der Waals surface area (Å²) in [5, 5.41) is 8.65. The van der Waals surface area contributed by atoms with E-state index in [0.717, 1.165) is 11.1 Å². The van der Waals surface area contributed by atoms with Crippen LogP contribution in [0.5, 0.6) is 0 Å². The molecule has 0 unspecified atom stereocenters. The van der Waals surface area contributed by atoms with Crippen LogP contribution in [0.15, 0.2) is 58.7 Å². The lowest BCUT2D eigenvalue weighted by Gasteiger charge is -2.32. The number of aliphatic carboxylic acids is 1. The molecule has 0 heterocycles. The van der Waals surface area contributed by atoms with Crippen LogP contribution in [-0.2, 0) is 9.59 Å². The molecule has 0 aliphatic heterocycles. The highest BCUT2D eigenvalue weighted by Gasteiger charge is 2.30. The van der Waals surface area contributed by atoms with Gasteiger partial charge in [0.15, 0.2) is 0 Å². The Bertz CT molecular complexity index is 638. The quantitative estimate of drug-likeness (QED) is 0.587. The maximum Gasteiger partial charge on any atom is 0.328 e. The Hall–Kier alpha value is -2.16. The lowest BCUT2D eigenvalue weighted by atomic mass is 9.72. The summed E-state index contributed by atoms with van der Waals surface area (Å²) in [6, 6.07) is 0. The topological polar surface area (TPSA) is 54.4 Å². The van der Waals surface area contributed by atoms with E-state index in [1.54, 1.807) is 13.0 Å². The fraction of sp³-hybridized carbons (Fsp3) is 0.400.